The molecule has 2 rings (SSSR count). The predicted molar refractivity (Wildman–Crippen MR) is 117 cm³/mol. The van der Waals surface area contributed by atoms with E-state index >= 15 is 0 Å². The van der Waals surface area contributed by atoms with E-state index in [-0.39, 0.29) is 24.0 Å². The Morgan fingerprint density at radius 2 is 1.93 bits per heavy atom. The molecular weight excluding hydrogens is 368 g/mol. The second-order valence-electron chi connectivity index (χ2n) is 7.52. The molecular formula is C22H36N4O3. The highest BCUT2D eigenvalue weighted by atomic mass is 16.5. The van der Waals surface area contributed by atoms with Gasteiger partial charge in [0.15, 0.2) is 0 Å². The molecule has 1 fully saturated rings. The quantitative estimate of drug-likeness (QED) is 0.595. The zero-order valence-corrected chi connectivity index (χ0v) is 18.2. The number of carbonyl (C=O) groups excluding carboxylic acids is 2. The lowest BCUT2D eigenvalue weighted by Gasteiger charge is -2.21. The van der Waals surface area contributed by atoms with E-state index < -0.39 is 0 Å². The molecule has 1 saturated heterocycles. The number of nitrogens with one attached hydrogen (secondary N) is 2. The number of benzene rings is 1. The van der Waals surface area contributed by atoms with Crippen LogP contribution in [0, 0.1) is 0 Å². The molecule has 1 aliphatic rings. The summed E-state index contributed by atoms with van der Waals surface area (Å²) in [5, 5.41) is 5.94. The monoisotopic (exact) mass is 404 g/mol. The number of rotatable bonds is 11. The smallest absolute Gasteiger partial charge is 0.315 e. The first kappa shape index (κ1) is 23.0. The predicted octanol–water partition coefficient (Wildman–Crippen LogP) is 3.00. The summed E-state index contributed by atoms with van der Waals surface area (Å²) in [7, 11) is 0. The van der Waals surface area contributed by atoms with Gasteiger partial charge < -0.3 is 25.2 Å². The molecule has 2 atom stereocenters. The van der Waals surface area contributed by atoms with Crippen LogP contribution in [0.1, 0.15) is 47.0 Å². The lowest BCUT2D eigenvalue weighted by Crippen LogP contribution is -2.46. The number of amides is 3. The molecule has 7 nitrogen and oxygen atoms in total. The average Bonchev–Trinajstić information content (AvgIpc) is 3.06. The highest BCUT2D eigenvalue weighted by molar-refractivity contribution is 5.96. The van der Waals surface area contributed by atoms with E-state index in [4.69, 9.17) is 4.74 Å². The van der Waals surface area contributed by atoms with Gasteiger partial charge >= 0.3 is 6.03 Å². The van der Waals surface area contributed by atoms with Crippen molar-refractivity contribution >= 4 is 17.6 Å². The van der Waals surface area contributed by atoms with Gasteiger partial charge in [-0.2, -0.15) is 0 Å². The van der Waals surface area contributed by atoms with Crippen LogP contribution in [0.3, 0.4) is 0 Å². The highest BCUT2D eigenvalue weighted by Gasteiger charge is 2.31. The number of ether oxygens (including phenoxy) is 1. The van der Waals surface area contributed by atoms with Gasteiger partial charge in [-0.1, -0.05) is 13.8 Å². The minimum absolute atomic E-state index is 0.0201. The molecule has 0 aromatic heterocycles. The molecule has 0 saturated carbocycles. The van der Waals surface area contributed by atoms with Crippen LogP contribution < -0.4 is 20.3 Å². The third-order valence-electron chi connectivity index (χ3n) is 5.30. The molecule has 1 aromatic rings. The van der Waals surface area contributed by atoms with E-state index in [2.05, 4.69) is 29.4 Å². The van der Waals surface area contributed by atoms with Crippen LogP contribution >= 0.6 is 0 Å². The summed E-state index contributed by atoms with van der Waals surface area (Å²) >= 11 is 0. The van der Waals surface area contributed by atoms with Crippen molar-refractivity contribution in [1.29, 1.82) is 0 Å². The van der Waals surface area contributed by atoms with E-state index in [0.717, 1.165) is 43.9 Å². The van der Waals surface area contributed by atoms with Crippen LogP contribution in [0.4, 0.5) is 10.5 Å². The minimum Gasteiger partial charge on any atom is -0.494 e. The fourth-order valence-electron chi connectivity index (χ4n) is 3.63. The van der Waals surface area contributed by atoms with Crippen molar-refractivity contribution in [3.05, 3.63) is 24.3 Å². The standard InChI is InChI=1S/C22H36N4O3/c1-5-25(6-2)14-8-9-17(4)23-22(28)24-18-15-21(27)26(16-18)19-10-12-20(13-11-19)29-7-3/h10-13,17-18H,5-9,14-16H2,1-4H3,(H2,23,24,28)/t17-,18-/m1/s1. The van der Waals surface area contributed by atoms with E-state index in [1.807, 2.05) is 38.1 Å². The first-order chi connectivity index (χ1) is 14.0. The number of nitrogens with zero attached hydrogens (tertiary/aromatic N) is 2. The Hall–Kier alpha value is -2.28. The van der Waals surface area contributed by atoms with Gasteiger partial charge in [-0.25, -0.2) is 4.79 Å². The zero-order valence-electron chi connectivity index (χ0n) is 18.2. The molecule has 0 unspecified atom stereocenters. The van der Waals surface area contributed by atoms with Crippen LogP contribution in [0.15, 0.2) is 24.3 Å². The Morgan fingerprint density at radius 3 is 2.55 bits per heavy atom. The topological polar surface area (TPSA) is 73.9 Å². The average molecular weight is 405 g/mol. The maximum absolute atomic E-state index is 12.4. The van der Waals surface area contributed by atoms with Crippen molar-refractivity contribution < 1.29 is 14.3 Å². The molecule has 1 heterocycles. The van der Waals surface area contributed by atoms with Crippen molar-refractivity contribution in [3.8, 4) is 5.75 Å². The summed E-state index contributed by atoms with van der Waals surface area (Å²) < 4.78 is 5.44. The molecule has 162 valence electrons. The van der Waals surface area contributed by atoms with Gasteiger partial charge in [0.1, 0.15) is 5.75 Å². The summed E-state index contributed by atoms with van der Waals surface area (Å²) in [4.78, 5) is 28.8. The summed E-state index contributed by atoms with van der Waals surface area (Å²) in [5.74, 6) is 0.804. The zero-order chi connectivity index (χ0) is 21.2. The van der Waals surface area contributed by atoms with Gasteiger partial charge in [-0.15, -0.1) is 0 Å². The minimum atomic E-state index is -0.202. The van der Waals surface area contributed by atoms with Crippen LogP contribution in [0.2, 0.25) is 0 Å². The van der Waals surface area contributed by atoms with Crippen LogP contribution in [-0.2, 0) is 4.79 Å². The van der Waals surface area contributed by atoms with Gasteiger partial charge in [0.2, 0.25) is 5.91 Å². The van der Waals surface area contributed by atoms with Gasteiger partial charge in [0, 0.05) is 24.7 Å². The maximum Gasteiger partial charge on any atom is 0.315 e. The van der Waals surface area contributed by atoms with Crippen molar-refractivity contribution in [2.24, 2.45) is 0 Å². The van der Waals surface area contributed by atoms with Gasteiger partial charge in [-0.05, 0) is 70.6 Å². The highest BCUT2D eigenvalue weighted by Crippen LogP contribution is 2.24. The number of hydrogen-bond donors (Lipinski definition) is 2. The second-order valence-corrected chi connectivity index (χ2v) is 7.52. The Bertz CT molecular complexity index is 646. The Kier molecular flexibility index (Phi) is 9.25. The van der Waals surface area contributed by atoms with E-state index in [0.29, 0.717) is 19.6 Å². The fourth-order valence-corrected chi connectivity index (χ4v) is 3.63. The molecule has 0 bridgehead atoms. The van der Waals surface area contributed by atoms with Crippen molar-refractivity contribution in [2.45, 2.75) is 59.0 Å². The molecule has 7 heteroatoms. The maximum atomic E-state index is 12.4. The van der Waals surface area contributed by atoms with Crippen molar-refractivity contribution in [2.75, 3.05) is 37.7 Å². The molecule has 1 aromatic carbocycles. The Labute approximate surface area is 174 Å². The van der Waals surface area contributed by atoms with Gasteiger partial charge in [0.05, 0.1) is 12.6 Å². The third kappa shape index (κ3) is 7.24. The summed E-state index contributed by atoms with van der Waals surface area (Å²) in [6, 6.07) is 7.19. The largest absolute Gasteiger partial charge is 0.494 e. The normalized spacial score (nSPS) is 17.5. The third-order valence-corrected chi connectivity index (χ3v) is 5.30. The number of carbonyl (C=O) groups is 2. The molecule has 3 amide bonds. The summed E-state index contributed by atoms with van der Waals surface area (Å²) in [5.41, 5.74) is 0.827. The number of urea groups is 1. The molecule has 2 N–H and O–H groups in total. The van der Waals surface area contributed by atoms with Crippen molar-refractivity contribution in [1.82, 2.24) is 15.5 Å². The molecule has 1 aliphatic heterocycles. The van der Waals surface area contributed by atoms with Gasteiger partial charge in [0.25, 0.3) is 0 Å². The molecule has 0 radical (unpaired) electrons. The van der Waals surface area contributed by atoms with Crippen LogP contribution in [0.5, 0.6) is 5.75 Å². The lowest BCUT2D eigenvalue weighted by atomic mass is 10.2. The molecule has 0 aliphatic carbocycles. The second kappa shape index (κ2) is 11.7. The SMILES string of the molecule is CCOc1ccc(N2C[C@H](NC(=O)N[C@H](C)CCCN(CC)CC)CC2=O)cc1. The van der Waals surface area contributed by atoms with Crippen LogP contribution in [-0.4, -0.2) is 61.7 Å². The summed E-state index contributed by atoms with van der Waals surface area (Å²) in [6.07, 6.45) is 2.30. The number of hydrogen-bond acceptors (Lipinski definition) is 4. The lowest BCUT2D eigenvalue weighted by molar-refractivity contribution is -0.117. The molecule has 0 spiro atoms. The van der Waals surface area contributed by atoms with E-state index in [1.165, 1.54) is 0 Å². The first-order valence-electron chi connectivity index (χ1n) is 10.8. The first-order valence-corrected chi connectivity index (χ1v) is 10.8. The van der Waals surface area contributed by atoms with E-state index in [9.17, 15) is 9.59 Å². The fraction of sp³-hybridized carbons (Fsp3) is 0.636. The van der Waals surface area contributed by atoms with Gasteiger partial charge in [-0.3, -0.25) is 4.79 Å². The van der Waals surface area contributed by atoms with Crippen molar-refractivity contribution in [3.63, 3.8) is 0 Å². The van der Waals surface area contributed by atoms with Crippen LogP contribution in [0.25, 0.3) is 0 Å². The van der Waals surface area contributed by atoms with E-state index in [1.54, 1.807) is 4.90 Å². The summed E-state index contributed by atoms with van der Waals surface area (Å²) in [6.45, 7) is 12.5. The Morgan fingerprint density at radius 1 is 1.24 bits per heavy atom. The Balaban J connectivity index is 1.76. The molecule has 29 heavy (non-hydrogen) atoms. The number of anilines is 1.